The van der Waals surface area contributed by atoms with Crippen molar-refractivity contribution in [2.45, 2.75) is 19.8 Å². The number of hydrogen-bond acceptors (Lipinski definition) is 5. The number of carbonyl (C=O) groups excluding carboxylic acids is 1. The summed E-state index contributed by atoms with van der Waals surface area (Å²) < 4.78 is 0. The zero-order chi connectivity index (χ0) is 16.8. The molecule has 0 aliphatic carbocycles. The minimum Gasteiger partial charge on any atom is -0.338 e. The maximum Gasteiger partial charge on any atom is 0.319 e. The Bertz CT molecular complexity index is 799. The highest BCUT2D eigenvalue weighted by Gasteiger charge is 2.10. The first-order chi connectivity index (χ1) is 11.7. The lowest BCUT2D eigenvalue weighted by molar-refractivity contribution is 0.252. The van der Waals surface area contributed by atoms with E-state index in [0.717, 1.165) is 40.6 Å². The minimum atomic E-state index is -0.230. The van der Waals surface area contributed by atoms with Gasteiger partial charge in [0.15, 0.2) is 0 Å². The van der Waals surface area contributed by atoms with E-state index in [1.165, 1.54) is 6.33 Å². The number of thiazole rings is 1. The Labute approximate surface area is 143 Å². The minimum absolute atomic E-state index is 0.230. The van der Waals surface area contributed by atoms with Crippen molar-refractivity contribution >= 4 is 23.1 Å². The Hall–Kier alpha value is -2.74. The van der Waals surface area contributed by atoms with Gasteiger partial charge < -0.3 is 10.6 Å². The molecule has 2 aromatic heterocycles. The van der Waals surface area contributed by atoms with Crippen LogP contribution < -0.4 is 10.6 Å². The Morgan fingerprint density at radius 3 is 2.96 bits per heavy atom. The molecule has 124 valence electrons. The summed E-state index contributed by atoms with van der Waals surface area (Å²) in [5.74, 6) is 0.821. The van der Waals surface area contributed by atoms with Gasteiger partial charge in [0.2, 0.25) is 0 Å². The zero-order valence-electron chi connectivity index (χ0n) is 13.2. The number of benzene rings is 1. The Balaban J connectivity index is 1.54. The van der Waals surface area contributed by atoms with Crippen molar-refractivity contribution in [3.8, 4) is 11.3 Å². The second-order valence-electron chi connectivity index (χ2n) is 5.21. The number of para-hydroxylation sites is 1. The highest BCUT2D eigenvalue weighted by Crippen LogP contribution is 2.28. The van der Waals surface area contributed by atoms with Gasteiger partial charge in [0.1, 0.15) is 12.2 Å². The number of aromatic amines is 1. The van der Waals surface area contributed by atoms with Crippen molar-refractivity contribution in [1.29, 1.82) is 0 Å². The van der Waals surface area contributed by atoms with E-state index in [9.17, 15) is 4.79 Å². The molecule has 24 heavy (non-hydrogen) atoms. The van der Waals surface area contributed by atoms with E-state index in [1.54, 1.807) is 11.3 Å². The van der Waals surface area contributed by atoms with Crippen molar-refractivity contribution in [1.82, 2.24) is 25.5 Å². The average Bonchev–Trinajstić information content (AvgIpc) is 3.24. The molecule has 1 aromatic carbocycles. The van der Waals surface area contributed by atoms with Crippen LogP contribution in [0, 0.1) is 6.92 Å². The second kappa shape index (κ2) is 7.69. The molecule has 7 nitrogen and oxygen atoms in total. The van der Waals surface area contributed by atoms with Crippen molar-refractivity contribution in [2.24, 2.45) is 0 Å². The molecule has 3 rings (SSSR count). The molecule has 3 aromatic rings. The molecule has 0 aliphatic rings. The van der Waals surface area contributed by atoms with E-state index in [0.29, 0.717) is 6.54 Å². The number of amides is 2. The molecular weight excluding hydrogens is 324 g/mol. The molecule has 0 saturated carbocycles. The van der Waals surface area contributed by atoms with Crippen LogP contribution >= 0.6 is 11.3 Å². The lowest BCUT2D eigenvalue weighted by Gasteiger charge is -2.10. The van der Waals surface area contributed by atoms with E-state index in [-0.39, 0.29) is 6.03 Å². The fraction of sp³-hybridized carbons (Fsp3) is 0.250. The third-order valence-corrected chi connectivity index (χ3v) is 4.18. The van der Waals surface area contributed by atoms with Crippen LogP contribution in [0.15, 0.2) is 36.0 Å². The largest absolute Gasteiger partial charge is 0.338 e. The van der Waals surface area contributed by atoms with E-state index >= 15 is 0 Å². The maximum absolute atomic E-state index is 12.1. The molecule has 0 aliphatic heterocycles. The van der Waals surface area contributed by atoms with Crippen LogP contribution in [0.3, 0.4) is 0 Å². The number of anilines is 1. The van der Waals surface area contributed by atoms with Gasteiger partial charge in [-0.05, 0) is 19.4 Å². The molecule has 0 saturated heterocycles. The highest BCUT2D eigenvalue weighted by molar-refractivity contribution is 7.09. The summed E-state index contributed by atoms with van der Waals surface area (Å²) in [7, 11) is 0. The molecule has 0 spiro atoms. The molecule has 0 radical (unpaired) electrons. The van der Waals surface area contributed by atoms with Gasteiger partial charge >= 0.3 is 6.03 Å². The molecule has 0 unspecified atom stereocenters. The maximum atomic E-state index is 12.1. The van der Waals surface area contributed by atoms with Gasteiger partial charge in [0.05, 0.1) is 16.4 Å². The van der Waals surface area contributed by atoms with Gasteiger partial charge in [-0.15, -0.1) is 11.3 Å². The van der Waals surface area contributed by atoms with Crippen molar-refractivity contribution < 1.29 is 4.79 Å². The van der Waals surface area contributed by atoms with Crippen molar-refractivity contribution in [3.63, 3.8) is 0 Å². The van der Waals surface area contributed by atoms with Crippen molar-refractivity contribution in [2.75, 3.05) is 11.9 Å². The van der Waals surface area contributed by atoms with Gasteiger partial charge in [0.25, 0.3) is 0 Å². The van der Waals surface area contributed by atoms with Crippen LogP contribution in [0.4, 0.5) is 10.5 Å². The molecule has 0 fully saturated rings. The summed E-state index contributed by atoms with van der Waals surface area (Å²) in [6, 6.07) is 7.42. The summed E-state index contributed by atoms with van der Waals surface area (Å²) >= 11 is 1.59. The fourth-order valence-electron chi connectivity index (χ4n) is 2.28. The summed E-state index contributed by atoms with van der Waals surface area (Å²) in [6.45, 7) is 2.52. The third kappa shape index (κ3) is 4.17. The standard InChI is InChI=1S/C16H18N6OS/c1-11-20-14(9-24-11)12-5-2-3-6-13(12)21-16(23)17-8-4-7-15-18-10-19-22-15/h2-3,5-6,9-10H,4,7-8H2,1H3,(H2,17,21,23)(H,18,19,22). The van der Waals surface area contributed by atoms with E-state index in [1.807, 2.05) is 36.6 Å². The van der Waals surface area contributed by atoms with Crippen LogP contribution in [0.2, 0.25) is 0 Å². The van der Waals surface area contributed by atoms with E-state index < -0.39 is 0 Å². The Morgan fingerprint density at radius 2 is 2.21 bits per heavy atom. The summed E-state index contributed by atoms with van der Waals surface area (Å²) in [5.41, 5.74) is 2.54. The lowest BCUT2D eigenvalue weighted by atomic mass is 10.1. The number of carbonyl (C=O) groups is 1. The topological polar surface area (TPSA) is 95.6 Å². The number of H-pyrrole nitrogens is 1. The van der Waals surface area contributed by atoms with Gasteiger partial charge in [-0.3, -0.25) is 5.10 Å². The molecule has 0 atom stereocenters. The number of urea groups is 1. The molecule has 2 amide bonds. The first kappa shape index (κ1) is 16.1. The highest BCUT2D eigenvalue weighted by atomic mass is 32.1. The first-order valence-corrected chi connectivity index (χ1v) is 8.51. The summed E-state index contributed by atoms with van der Waals surface area (Å²) in [6.07, 6.45) is 3.01. The predicted octanol–water partition coefficient (Wildman–Crippen LogP) is 2.99. The Kier molecular flexibility index (Phi) is 5.17. The number of rotatable bonds is 6. The fourth-order valence-corrected chi connectivity index (χ4v) is 2.89. The number of nitrogens with one attached hydrogen (secondary N) is 3. The predicted molar refractivity (Wildman–Crippen MR) is 94.0 cm³/mol. The SMILES string of the molecule is Cc1nc(-c2ccccc2NC(=O)NCCCc2ncn[nH]2)cs1. The summed E-state index contributed by atoms with van der Waals surface area (Å²) in [4.78, 5) is 20.6. The van der Waals surface area contributed by atoms with Gasteiger partial charge in [0, 0.05) is 23.9 Å². The van der Waals surface area contributed by atoms with Crippen LogP contribution in [0.1, 0.15) is 17.3 Å². The van der Waals surface area contributed by atoms with Gasteiger partial charge in [-0.1, -0.05) is 18.2 Å². The molecular formula is C16H18N6OS. The van der Waals surface area contributed by atoms with Crippen LogP contribution in [0.25, 0.3) is 11.3 Å². The third-order valence-electron chi connectivity index (χ3n) is 3.41. The molecule has 8 heteroatoms. The number of nitrogens with zero attached hydrogens (tertiary/aromatic N) is 3. The second-order valence-corrected chi connectivity index (χ2v) is 6.28. The average molecular weight is 342 g/mol. The van der Waals surface area contributed by atoms with Crippen molar-refractivity contribution in [3.05, 3.63) is 46.8 Å². The number of aromatic nitrogens is 4. The van der Waals surface area contributed by atoms with Gasteiger partial charge in [-0.25, -0.2) is 14.8 Å². The van der Waals surface area contributed by atoms with Crippen LogP contribution in [-0.4, -0.2) is 32.7 Å². The first-order valence-electron chi connectivity index (χ1n) is 7.63. The smallest absolute Gasteiger partial charge is 0.319 e. The quantitative estimate of drug-likeness (QED) is 0.600. The number of hydrogen-bond donors (Lipinski definition) is 3. The zero-order valence-corrected chi connectivity index (χ0v) is 14.1. The van der Waals surface area contributed by atoms with Crippen LogP contribution in [0.5, 0.6) is 0 Å². The normalized spacial score (nSPS) is 10.5. The van der Waals surface area contributed by atoms with E-state index in [4.69, 9.17) is 0 Å². The molecule has 0 bridgehead atoms. The lowest BCUT2D eigenvalue weighted by Crippen LogP contribution is -2.30. The molecule has 3 N–H and O–H groups in total. The van der Waals surface area contributed by atoms with E-state index in [2.05, 4.69) is 30.8 Å². The van der Waals surface area contributed by atoms with Gasteiger partial charge in [-0.2, -0.15) is 5.10 Å². The van der Waals surface area contributed by atoms with Crippen LogP contribution in [-0.2, 0) is 6.42 Å². The number of aryl methyl sites for hydroxylation is 2. The summed E-state index contributed by atoms with van der Waals surface area (Å²) in [5, 5.41) is 15.3. The Morgan fingerprint density at radius 1 is 1.33 bits per heavy atom. The molecule has 2 heterocycles. The monoisotopic (exact) mass is 342 g/mol.